The van der Waals surface area contributed by atoms with Crippen LogP contribution in [0.25, 0.3) is 0 Å². The van der Waals surface area contributed by atoms with E-state index in [-0.39, 0.29) is 0 Å². The molecule has 0 aliphatic carbocycles. The second-order valence-corrected chi connectivity index (χ2v) is 5.51. The molecule has 0 atom stereocenters. The zero-order valence-electron chi connectivity index (χ0n) is 10.8. The van der Waals surface area contributed by atoms with Crippen molar-refractivity contribution in [2.24, 2.45) is 0 Å². The maximum Gasteiger partial charge on any atom is 0.123 e. The van der Waals surface area contributed by atoms with Crippen LogP contribution < -0.4 is 5.32 Å². The van der Waals surface area contributed by atoms with E-state index >= 15 is 0 Å². The van der Waals surface area contributed by atoms with Crippen LogP contribution in [0.4, 0.5) is 0 Å². The quantitative estimate of drug-likeness (QED) is 0.831. The summed E-state index contributed by atoms with van der Waals surface area (Å²) in [7, 11) is 0. The molecule has 0 spiro atoms. The number of hydrogen-bond acceptors (Lipinski definition) is 4. The van der Waals surface area contributed by atoms with Crippen molar-refractivity contribution in [1.29, 1.82) is 0 Å². The summed E-state index contributed by atoms with van der Waals surface area (Å²) in [4.78, 5) is 1.25. The molecule has 0 aliphatic heterocycles. The summed E-state index contributed by atoms with van der Waals surface area (Å²) in [5.74, 6) is 0.967. The van der Waals surface area contributed by atoms with Crippen molar-refractivity contribution in [3.05, 3.63) is 46.0 Å². The summed E-state index contributed by atoms with van der Waals surface area (Å²) < 4.78 is 11.2. The van der Waals surface area contributed by atoms with Crippen LogP contribution in [0.1, 0.15) is 30.0 Å². The molecule has 1 N–H and O–H groups in total. The molecule has 2 rings (SSSR count). The number of nitrogens with one attached hydrogen (secondary N) is 1. The molecule has 0 radical (unpaired) electrons. The minimum atomic E-state index is 0.454. The summed E-state index contributed by atoms with van der Waals surface area (Å²) in [5, 5.41) is 5.41. The molecule has 4 heteroatoms. The van der Waals surface area contributed by atoms with Gasteiger partial charge in [-0.15, -0.1) is 11.3 Å². The average Bonchev–Trinajstić information content (AvgIpc) is 2.97. The predicted molar refractivity (Wildman–Crippen MR) is 73.5 cm³/mol. The Bertz CT molecular complexity index is 448. The van der Waals surface area contributed by atoms with E-state index in [2.05, 4.69) is 30.6 Å². The van der Waals surface area contributed by atoms with Gasteiger partial charge in [0.25, 0.3) is 0 Å². The van der Waals surface area contributed by atoms with E-state index in [9.17, 15) is 0 Å². The first-order valence-corrected chi connectivity index (χ1v) is 7.02. The zero-order chi connectivity index (χ0) is 12.8. The molecule has 98 valence electrons. The Labute approximate surface area is 112 Å². The molecule has 2 heterocycles. The number of thiophene rings is 1. The second kappa shape index (κ2) is 6.73. The summed E-state index contributed by atoms with van der Waals surface area (Å²) in [6.07, 6.45) is 1.72. The molecular formula is C14H19NO2S. The third kappa shape index (κ3) is 3.98. The molecule has 0 unspecified atom stereocenters. The van der Waals surface area contributed by atoms with Crippen LogP contribution in [0.2, 0.25) is 0 Å². The summed E-state index contributed by atoms with van der Waals surface area (Å²) in [5.41, 5.74) is 1.12. The summed E-state index contributed by atoms with van der Waals surface area (Å²) in [6, 6.07) is 6.56. The van der Waals surface area contributed by atoms with Crippen molar-refractivity contribution in [2.75, 3.05) is 0 Å². The van der Waals surface area contributed by atoms with Crippen molar-refractivity contribution >= 4 is 11.3 Å². The lowest BCUT2D eigenvalue weighted by Crippen LogP contribution is -2.22. The molecule has 2 aromatic heterocycles. The van der Waals surface area contributed by atoms with Crippen molar-refractivity contribution in [3.8, 4) is 0 Å². The maximum absolute atomic E-state index is 5.69. The first-order chi connectivity index (χ1) is 8.75. The van der Waals surface area contributed by atoms with E-state index in [1.54, 1.807) is 17.6 Å². The summed E-state index contributed by atoms with van der Waals surface area (Å²) in [6.45, 7) is 6.26. The van der Waals surface area contributed by atoms with Crippen LogP contribution in [-0.2, 0) is 24.5 Å². The van der Waals surface area contributed by atoms with Crippen molar-refractivity contribution in [3.63, 3.8) is 0 Å². The first kappa shape index (κ1) is 13.3. The van der Waals surface area contributed by atoms with Crippen LogP contribution in [0.3, 0.4) is 0 Å². The van der Waals surface area contributed by atoms with E-state index in [0.29, 0.717) is 19.3 Å². The number of furan rings is 1. The second-order valence-electron chi connectivity index (χ2n) is 4.48. The van der Waals surface area contributed by atoms with Gasteiger partial charge in [0, 0.05) is 16.5 Å². The Morgan fingerprint density at radius 2 is 2.22 bits per heavy atom. The molecule has 0 aromatic carbocycles. The third-order valence-electron chi connectivity index (χ3n) is 2.59. The highest BCUT2D eigenvalue weighted by atomic mass is 32.1. The topological polar surface area (TPSA) is 34.4 Å². The van der Waals surface area contributed by atoms with Gasteiger partial charge < -0.3 is 14.5 Å². The lowest BCUT2D eigenvalue weighted by Gasteiger charge is -2.08. The largest absolute Gasteiger partial charge is 0.468 e. The lowest BCUT2D eigenvalue weighted by molar-refractivity contribution is 0.108. The maximum atomic E-state index is 5.69. The van der Waals surface area contributed by atoms with E-state index in [1.165, 1.54) is 4.88 Å². The normalized spacial score (nSPS) is 11.3. The molecule has 0 saturated heterocycles. The van der Waals surface area contributed by atoms with Gasteiger partial charge in [-0.25, -0.2) is 0 Å². The van der Waals surface area contributed by atoms with Crippen LogP contribution in [0, 0.1) is 0 Å². The van der Waals surface area contributed by atoms with Gasteiger partial charge in [-0.3, -0.25) is 0 Å². The smallest absolute Gasteiger partial charge is 0.123 e. The Balaban J connectivity index is 1.80. The van der Waals surface area contributed by atoms with Crippen LogP contribution in [0.5, 0.6) is 0 Å². The molecule has 0 bridgehead atoms. The standard InChI is InChI=1S/C14H19NO2S/c1-11(2)15-8-14-12(5-6-17-14)9-16-10-13-4-3-7-18-13/h3-7,11,15H,8-10H2,1-2H3. The number of rotatable bonds is 7. The minimum absolute atomic E-state index is 0.454. The Hall–Kier alpha value is -1.10. The molecule has 0 aliphatic rings. The number of hydrogen-bond donors (Lipinski definition) is 1. The first-order valence-electron chi connectivity index (χ1n) is 6.14. The lowest BCUT2D eigenvalue weighted by atomic mass is 10.2. The van der Waals surface area contributed by atoms with Crippen molar-refractivity contribution < 1.29 is 9.15 Å². The Morgan fingerprint density at radius 1 is 1.33 bits per heavy atom. The van der Waals surface area contributed by atoms with Crippen molar-refractivity contribution in [2.45, 2.75) is 39.6 Å². The summed E-state index contributed by atoms with van der Waals surface area (Å²) >= 11 is 1.72. The monoisotopic (exact) mass is 265 g/mol. The van der Waals surface area contributed by atoms with E-state index in [1.807, 2.05) is 12.1 Å². The van der Waals surface area contributed by atoms with Gasteiger partial charge in [0.05, 0.1) is 26.0 Å². The number of ether oxygens (including phenoxy) is 1. The van der Waals surface area contributed by atoms with Gasteiger partial charge in [-0.05, 0) is 17.5 Å². The third-order valence-corrected chi connectivity index (χ3v) is 3.44. The van der Waals surface area contributed by atoms with Gasteiger partial charge in [-0.2, -0.15) is 0 Å². The predicted octanol–water partition coefficient (Wildman–Crippen LogP) is 3.56. The highest BCUT2D eigenvalue weighted by Crippen LogP contribution is 2.15. The van der Waals surface area contributed by atoms with Gasteiger partial charge in [0.1, 0.15) is 5.76 Å². The van der Waals surface area contributed by atoms with Gasteiger partial charge in [0.15, 0.2) is 0 Å². The molecule has 0 amide bonds. The Morgan fingerprint density at radius 3 is 2.94 bits per heavy atom. The van der Waals surface area contributed by atoms with Gasteiger partial charge in [-0.1, -0.05) is 19.9 Å². The SMILES string of the molecule is CC(C)NCc1occc1COCc1cccs1. The molecular weight excluding hydrogens is 246 g/mol. The minimum Gasteiger partial charge on any atom is -0.468 e. The zero-order valence-corrected chi connectivity index (χ0v) is 11.6. The Kier molecular flexibility index (Phi) is 4.99. The van der Waals surface area contributed by atoms with Crippen molar-refractivity contribution in [1.82, 2.24) is 5.32 Å². The average molecular weight is 265 g/mol. The molecule has 0 fully saturated rings. The molecule has 3 nitrogen and oxygen atoms in total. The van der Waals surface area contributed by atoms with E-state index in [4.69, 9.17) is 9.15 Å². The molecule has 18 heavy (non-hydrogen) atoms. The molecule has 0 saturated carbocycles. The highest BCUT2D eigenvalue weighted by molar-refractivity contribution is 7.09. The highest BCUT2D eigenvalue weighted by Gasteiger charge is 2.07. The van der Waals surface area contributed by atoms with Gasteiger partial charge in [0.2, 0.25) is 0 Å². The van der Waals surface area contributed by atoms with Gasteiger partial charge >= 0.3 is 0 Å². The fraction of sp³-hybridized carbons (Fsp3) is 0.429. The van der Waals surface area contributed by atoms with Crippen LogP contribution >= 0.6 is 11.3 Å². The fourth-order valence-electron chi connectivity index (χ4n) is 1.60. The van der Waals surface area contributed by atoms with Crippen LogP contribution in [0.15, 0.2) is 34.3 Å². The fourth-order valence-corrected chi connectivity index (χ4v) is 2.24. The van der Waals surface area contributed by atoms with E-state index < -0.39 is 0 Å². The molecule has 2 aromatic rings. The van der Waals surface area contributed by atoms with E-state index in [0.717, 1.165) is 17.9 Å². The van der Waals surface area contributed by atoms with Crippen LogP contribution in [-0.4, -0.2) is 6.04 Å².